The van der Waals surface area contributed by atoms with Gasteiger partial charge in [0.05, 0.1) is 10.6 Å². The van der Waals surface area contributed by atoms with Gasteiger partial charge in [0, 0.05) is 18.5 Å². The van der Waals surface area contributed by atoms with E-state index in [-0.39, 0.29) is 0 Å². The van der Waals surface area contributed by atoms with Crippen molar-refractivity contribution in [2.75, 3.05) is 11.9 Å². The molecule has 2 rings (SSSR count). The van der Waals surface area contributed by atoms with Crippen molar-refractivity contribution in [2.45, 2.75) is 27.2 Å². The molecule has 90 valence electrons. The number of nitrogens with zero attached hydrogens (tertiary/aromatic N) is 2. The smallest absolute Gasteiger partial charge is 0.133 e. The van der Waals surface area contributed by atoms with Gasteiger partial charge in [-0.1, -0.05) is 13.0 Å². The lowest BCUT2D eigenvalue weighted by Gasteiger charge is -2.11. The number of rotatable bonds is 4. The van der Waals surface area contributed by atoms with Crippen molar-refractivity contribution in [1.29, 1.82) is 0 Å². The Kier molecular flexibility index (Phi) is 3.74. The predicted molar refractivity (Wildman–Crippen MR) is 73.6 cm³/mol. The molecule has 0 amide bonds. The average molecular weight is 247 g/mol. The maximum absolute atomic E-state index is 4.64. The Hall–Kier alpha value is -1.42. The quantitative estimate of drug-likeness (QED) is 0.898. The van der Waals surface area contributed by atoms with Crippen LogP contribution in [0.1, 0.15) is 25.2 Å². The highest BCUT2D eigenvalue weighted by molar-refractivity contribution is 7.13. The molecule has 0 aliphatic heterocycles. The highest BCUT2D eigenvalue weighted by Gasteiger charge is 2.11. The van der Waals surface area contributed by atoms with Crippen LogP contribution in [0.3, 0.4) is 0 Å². The SMILES string of the molecule is CCNc1nc(CC)nc(-c2cccs2)c1C. The fourth-order valence-electron chi connectivity index (χ4n) is 1.71. The van der Waals surface area contributed by atoms with Gasteiger partial charge in [0.25, 0.3) is 0 Å². The van der Waals surface area contributed by atoms with Crippen LogP contribution in [0.4, 0.5) is 5.82 Å². The van der Waals surface area contributed by atoms with E-state index >= 15 is 0 Å². The standard InChI is InChI=1S/C13H17N3S/c1-4-11-15-12(10-7-6-8-17-10)9(3)13(16-11)14-5-2/h6-8H,4-5H2,1-3H3,(H,14,15,16). The minimum Gasteiger partial charge on any atom is -0.370 e. The Balaban J connectivity index is 2.54. The molecule has 1 N–H and O–H groups in total. The third-order valence-electron chi connectivity index (χ3n) is 2.61. The molecule has 0 bridgehead atoms. The van der Waals surface area contributed by atoms with E-state index in [1.54, 1.807) is 11.3 Å². The molecule has 0 aliphatic carbocycles. The number of hydrogen-bond acceptors (Lipinski definition) is 4. The summed E-state index contributed by atoms with van der Waals surface area (Å²) in [4.78, 5) is 10.4. The third-order valence-corrected chi connectivity index (χ3v) is 3.48. The van der Waals surface area contributed by atoms with Crippen molar-refractivity contribution in [1.82, 2.24) is 9.97 Å². The van der Waals surface area contributed by atoms with Crippen LogP contribution >= 0.6 is 11.3 Å². The average Bonchev–Trinajstić information content (AvgIpc) is 2.85. The lowest BCUT2D eigenvalue weighted by atomic mass is 10.2. The molecule has 0 atom stereocenters. The van der Waals surface area contributed by atoms with E-state index in [4.69, 9.17) is 0 Å². The van der Waals surface area contributed by atoms with Gasteiger partial charge >= 0.3 is 0 Å². The number of aryl methyl sites for hydroxylation is 1. The molecule has 3 nitrogen and oxygen atoms in total. The van der Waals surface area contributed by atoms with E-state index in [1.165, 1.54) is 4.88 Å². The Bertz CT molecular complexity index is 492. The lowest BCUT2D eigenvalue weighted by molar-refractivity contribution is 0.931. The van der Waals surface area contributed by atoms with Gasteiger partial charge in [0.2, 0.25) is 0 Å². The molecule has 0 radical (unpaired) electrons. The molecule has 0 unspecified atom stereocenters. The summed E-state index contributed by atoms with van der Waals surface area (Å²) < 4.78 is 0. The minimum atomic E-state index is 0.858. The normalized spacial score (nSPS) is 10.5. The Morgan fingerprint density at radius 1 is 1.29 bits per heavy atom. The second-order valence-electron chi connectivity index (χ2n) is 3.82. The van der Waals surface area contributed by atoms with Crippen LogP contribution in [0.25, 0.3) is 10.6 Å². The lowest BCUT2D eigenvalue weighted by Crippen LogP contribution is -2.07. The van der Waals surface area contributed by atoms with E-state index in [0.717, 1.165) is 35.9 Å². The molecule has 17 heavy (non-hydrogen) atoms. The zero-order valence-corrected chi connectivity index (χ0v) is 11.3. The summed E-state index contributed by atoms with van der Waals surface area (Å²) in [6.45, 7) is 7.12. The first-order valence-corrected chi connectivity index (χ1v) is 6.79. The van der Waals surface area contributed by atoms with Crippen molar-refractivity contribution in [3.63, 3.8) is 0 Å². The molecule has 0 saturated heterocycles. The number of hydrogen-bond donors (Lipinski definition) is 1. The summed E-state index contributed by atoms with van der Waals surface area (Å²) in [5.74, 6) is 1.86. The highest BCUT2D eigenvalue weighted by atomic mass is 32.1. The molecule has 0 aliphatic rings. The Labute approximate surface area is 106 Å². The second kappa shape index (κ2) is 5.27. The minimum absolute atomic E-state index is 0.858. The molecule has 0 saturated carbocycles. The number of thiophene rings is 1. The Morgan fingerprint density at radius 2 is 2.12 bits per heavy atom. The maximum Gasteiger partial charge on any atom is 0.133 e. The highest BCUT2D eigenvalue weighted by Crippen LogP contribution is 2.29. The van der Waals surface area contributed by atoms with Gasteiger partial charge < -0.3 is 5.32 Å². The van der Waals surface area contributed by atoms with E-state index < -0.39 is 0 Å². The van der Waals surface area contributed by atoms with E-state index in [2.05, 4.69) is 53.6 Å². The molecule has 0 aromatic carbocycles. The molecule has 0 spiro atoms. The summed E-state index contributed by atoms with van der Waals surface area (Å²) in [7, 11) is 0. The molecule has 2 aromatic heterocycles. The van der Waals surface area contributed by atoms with Gasteiger partial charge in [0.1, 0.15) is 11.6 Å². The second-order valence-corrected chi connectivity index (χ2v) is 4.77. The monoisotopic (exact) mass is 247 g/mol. The van der Waals surface area contributed by atoms with Crippen molar-refractivity contribution < 1.29 is 0 Å². The molecular formula is C13H17N3S. The van der Waals surface area contributed by atoms with Gasteiger partial charge in [-0.2, -0.15) is 0 Å². The first-order valence-electron chi connectivity index (χ1n) is 5.91. The van der Waals surface area contributed by atoms with Gasteiger partial charge in [0.15, 0.2) is 0 Å². The topological polar surface area (TPSA) is 37.8 Å². The summed E-state index contributed by atoms with van der Waals surface area (Å²) in [5.41, 5.74) is 2.19. The van der Waals surface area contributed by atoms with Crippen LogP contribution in [-0.2, 0) is 6.42 Å². The molecule has 0 fully saturated rings. The summed E-state index contributed by atoms with van der Waals surface area (Å²) in [6, 6.07) is 4.16. The number of aromatic nitrogens is 2. The van der Waals surface area contributed by atoms with Crippen LogP contribution in [0.5, 0.6) is 0 Å². The first kappa shape index (κ1) is 12.0. The third kappa shape index (κ3) is 2.47. The number of anilines is 1. The van der Waals surface area contributed by atoms with Crippen LogP contribution < -0.4 is 5.32 Å². The van der Waals surface area contributed by atoms with E-state index in [9.17, 15) is 0 Å². The molecule has 2 heterocycles. The predicted octanol–water partition coefficient (Wildman–Crippen LogP) is 3.51. The molecule has 4 heteroatoms. The largest absolute Gasteiger partial charge is 0.370 e. The van der Waals surface area contributed by atoms with Crippen molar-refractivity contribution in [2.24, 2.45) is 0 Å². The van der Waals surface area contributed by atoms with Crippen LogP contribution in [0.2, 0.25) is 0 Å². The summed E-state index contributed by atoms with van der Waals surface area (Å²) >= 11 is 1.72. The molecular weight excluding hydrogens is 230 g/mol. The van der Waals surface area contributed by atoms with Gasteiger partial charge in [-0.3, -0.25) is 0 Å². The number of nitrogens with one attached hydrogen (secondary N) is 1. The van der Waals surface area contributed by atoms with Crippen LogP contribution in [-0.4, -0.2) is 16.5 Å². The zero-order valence-electron chi connectivity index (χ0n) is 10.4. The van der Waals surface area contributed by atoms with E-state index in [1.807, 2.05) is 0 Å². The van der Waals surface area contributed by atoms with Crippen molar-refractivity contribution in [3.05, 3.63) is 28.9 Å². The zero-order chi connectivity index (χ0) is 12.3. The van der Waals surface area contributed by atoms with Gasteiger partial charge in [-0.15, -0.1) is 11.3 Å². The maximum atomic E-state index is 4.64. The van der Waals surface area contributed by atoms with Gasteiger partial charge in [-0.05, 0) is 25.3 Å². The van der Waals surface area contributed by atoms with Crippen LogP contribution in [0, 0.1) is 6.92 Å². The fraction of sp³-hybridized carbons (Fsp3) is 0.385. The first-order chi connectivity index (χ1) is 8.26. The van der Waals surface area contributed by atoms with E-state index in [0.29, 0.717) is 0 Å². The van der Waals surface area contributed by atoms with Gasteiger partial charge in [-0.25, -0.2) is 9.97 Å². The fourth-order valence-corrected chi connectivity index (χ4v) is 2.49. The molecule has 2 aromatic rings. The van der Waals surface area contributed by atoms with Crippen LogP contribution in [0.15, 0.2) is 17.5 Å². The summed E-state index contributed by atoms with van der Waals surface area (Å²) in [6.07, 6.45) is 0.858. The van der Waals surface area contributed by atoms with Crippen molar-refractivity contribution in [3.8, 4) is 10.6 Å². The Morgan fingerprint density at radius 3 is 2.71 bits per heavy atom. The van der Waals surface area contributed by atoms with Crippen molar-refractivity contribution >= 4 is 17.2 Å². The summed E-state index contributed by atoms with van der Waals surface area (Å²) in [5, 5.41) is 5.39.